The van der Waals surface area contributed by atoms with E-state index >= 15 is 0 Å². The Kier molecular flexibility index (Phi) is 4.56. The largest absolute Gasteiger partial charge is 0.416 e. The molecule has 0 spiro atoms. The fraction of sp³-hybridized carbons (Fsp3) is 0.500. The minimum absolute atomic E-state index is 0.0803. The average Bonchev–Trinajstić information content (AvgIpc) is 2.25. The van der Waals surface area contributed by atoms with Gasteiger partial charge in [-0.15, -0.1) is 0 Å². The van der Waals surface area contributed by atoms with Gasteiger partial charge in [0.15, 0.2) is 0 Å². The van der Waals surface area contributed by atoms with Gasteiger partial charge in [-0.25, -0.2) is 4.39 Å². The molecule has 0 bridgehead atoms. The van der Waals surface area contributed by atoms with Gasteiger partial charge in [0.2, 0.25) is 0 Å². The molecule has 0 fully saturated rings. The zero-order chi connectivity index (χ0) is 13.9. The first-order chi connectivity index (χ1) is 8.21. The van der Waals surface area contributed by atoms with Crippen LogP contribution in [0.1, 0.15) is 12.5 Å². The van der Waals surface area contributed by atoms with Crippen molar-refractivity contribution in [1.29, 1.82) is 0 Å². The third-order valence-corrected chi connectivity index (χ3v) is 2.77. The summed E-state index contributed by atoms with van der Waals surface area (Å²) in [6.45, 7) is 2.38. The average molecular weight is 264 g/mol. The second kappa shape index (κ2) is 5.56. The van der Waals surface area contributed by atoms with Crippen molar-refractivity contribution in [1.82, 2.24) is 4.90 Å². The number of nitrogens with zero attached hydrogens (tertiary/aromatic N) is 1. The smallest absolute Gasteiger partial charge is 0.381 e. The van der Waals surface area contributed by atoms with Gasteiger partial charge in [-0.05, 0) is 39.2 Å². The molecule has 6 heteroatoms. The summed E-state index contributed by atoms with van der Waals surface area (Å²) in [6.07, 6.45) is -4.52. The molecule has 1 unspecified atom stereocenters. The summed E-state index contributed by atoms with van der Waals surface area (Å²) in [7, 11) is 3.74. The van der Waals surface area contributed by atoms with Crippen molar-refractivity contribution in [2.45, 2.75) is 19.1 Å². The van der Waals surface area contributed by atoms with E-state index in [4.69, 9.17) is 0 Å². The minimum atomic E-state index is -4.52. The van der Waals surface area contributed by atoms with E-state index in [1.165, 1.54) is 0 Å². The lowest BCUT2D eigenvalue weighted by atomic mass is 10.2. The molecular weight excluding hydrogens is 248 g/mol. The monoisotopic (exact) mass is 264 g/mol. The Bertz CT molecular complexity index is 402. The highest BCUT2D eigenvalue weighted by Crippen LogP contribution is 2.31. The molecule has 0 radical (unpaired) electrons. The van der Waals surface area contributed by atoms with Gasteiger partial charge in [-0.1, -0.05) is 0 Å². The molecule has 2 nitrogen and oxygen atoms in total. The summed E-state index contributed by atoms with van der Waals surface area (Å²) in [4.78, 5) is 1.93. The Labute approximate surface area is 104 Å². The number of nitrogens with one attached hydrogen (secondary N) is 1. The summed E-state index contributed by atoms with van der Waals surface area (Å²) in [5, 5.41) is 2.79. The van der Waals surface area contributed by atoms with Gasteiger partial charge in [0, 0.05) is 12.6 Å². The van der Waals surface area contributed by atoms with Crippen LogP contribution in [0.5, 0.6) is 0 Å². The number of likely N-dealkylation sites (N-methyl/N-ethyl adjacent to an activating group) is 1. The topological polar surface area (TPSA) is 15.3 Å². The number of anilines is 1. The third kappa shape index (κ3) is 3.87. The molecule has 0 aliphatic heterocycles. The molecule has 1 rings (SSSR count). The quantitative estimate of drug-likeness (QED) is 0.840. The molecule has 0 amide bonds. The Morgan fingerprint density at radius 1 is 1.28 bits per heavy atom. The number of benzene rings is 1. The zero-order valence-electron chi connectivity index (χ0n) is 10.5. The fourth-order valence-corrected chi connectivity index (χ4v) is 1.28. The first-order valence-electron chi connectivity index (χ1n) is 5.49. The molecule has 0 aliphatic carbocycles. The number of halogens is 4. The maximum absolute atomic E-state index is 13.5. The van der Waals surface area contributed by atoms with Crippen molar-refractivity contribution in [3.05, 3.63) is 29.6 Å². The van der Waals surface area contributed by atoms with E-state index in [1.54, 1.807) is 0 Å². The summed E-state index contributed by atoms with van der Waals surface area (Å²) >= 11 is 0. The fourth-order valence-electron chi connectivity index (χ4n) is 1.28. The third-order valence-electron chi connectivity index (χ3n) is 2.77. The predicted octanol–water partition coefficient (Wildman–Crippen LogP) is 3.21. The number of alkyl halides is 3. The van der Waals surface area contributed by atoms with Gasteiger partial charge in [-0.3, -0.25) is 0 Å². The van der Waals surface area contributed by atoms with E-state index < -0.39 is 17.6 Å². The molecule has 1 aromatic carbocycles. The van der Waals surface area contributed by atoms with Crippen LogP contribution in [0.15, 0.2) is 18.2 Å². The molecule has 1 aromatic rings. The number of rotatable bonds is 4. The highest BCUT2D eigenvalue weighted by atomic mass is 19.4. The van der Waals surface area contributed by atoms with Crippen molar-refractivity contribution < 1.29 is 17.6 Å². The van der Waals surface area contributed by atoms with Crippen LogP contribution in [0, 0.1) is 5.82 Å². The van der Waals surface area contributed by atoms with Gasteiger partial charge in [-0.2, -0.15) is 13.2 Å². The van der Waals surface area contributed by atoms with E-state index in [9.17, 15) is 17.6 Å². The maximum atomic E-state index is 13.5. The second-order valence-corrected chi connectivity index (χ2v) is 4.39. The summed E-state index contributed by atoms with van der Waals surface area (Å²) in [5.41, 5.74) is -0.900. The molecule has 1 N–H and O–H groups in total. The number of hydrogen-bond donors (Lipinski definition) is 1. The van der Waals surface area contributed by atoms with E-state index in [1.807, 2.05) is 25.9 Å². The lowest BCUT2D eigenvalue weighted by Crippen LogP contribution is -2.31. The van der Waals surface area contributed by atoms with Gasteiger partial charge in [0.1, 0.15) is 5.82 Å². The molecule has 0 saturated carbocycles. The Morgan fingerprint density at radius 2 is 1.89 bits per heavy atom. The van der Waals surface area contributed by atoms with Crippen LogP contribution < -0.4 is 5.32 Å². The summed E-state index contributed by atoms with van der Waals surface area (Å²) in [6, 6.07) is 2.63. The maximum Gasteiger partial charge on any atom is 0.416 e. The van der Waals surface area contributed by atoms with Gasteiger partial charge >= 0.3 is 6.18 Å². The van der Waals surface area contributed by atoms with Crippen LogP contribution >= 0.6 is 0 Å². The minimum Gasteiger partial charge on any atom is -0.381 e. The molecule has 18 heavy (non-hydrogen) atoms. The first kappa shape index (κ1) is 14.8. The van der Waals surface area contributed by atoms with Crippen LogP contribution in [0.3, 0.4) is 0 Å². The highest BCUT2D eigenvalue weighted by Gasteiger charge is 2.31. The predicted molar refractivity (Wildman–Crippen MR) is 63.0 cm³/mol. The summed E-state index contributed by atoms with van der Waals surface area (Å²) < 4.78 is 50.4. The molecule has 0 aliphatic rings. The van der Waals surface area contributed by atoms with Gasteiger partial charge in [0.05, 0.1) is 11.3 Å². The van der Waals surface area contributed by atoms with E-state index in [-0.39, 0.29) is 11.7 Å². The molecule has 0 saturated heterocycles. The van der Waals surface area contributed by atoms with Gasteiger partial charge in [0.25, 0.3) is 0 Å². The Hall–Kier alpha value is -1.30. The molecule has 0 aromatic heterocycles. The zero-order valence-corrected chi connectivity index (χ0v) is 10.5. The Morgan fingerprint density at radius 3 is 2.33 bits per heavy atom. The van der Waals surface area contributed by atoms with Crippen molar-refractivity contribution >= 4 is 5.69 Å². The first-order valence-corrected chi connectivity index (χ1v) is 5.49. The van der Waals surface area contributed by atoms with Gasteiger partial charge < -0.3 is 10.2 Å². The van der Waals surface area contributed by atoms with E-state index in [0.29, 0.717) is 12.6 Å². The molecular formula is C12H16F4N2. The summed E-state index contributed by atoms with van der Waals surface area (Å²) in [5.74, 6) is -0.893. The van der Waals surface area contributed by atoms with Crippen LogP contribution in [0.4, 0.5) is 23.2 Å². The van der Waals surface area contributed by atoms with E-state index in [0.717, 1.165) is 12.1 Å². The van der Waals surface area contributed by atoms with Crippen LogP contribution in [0.2, 0.25) is 0 Å². The molecule has 102 valence electrons. The number of hydrogen-bond acceptors (Lipinski definition) is 2. The normalized spacial score (nSPS) is 13.8. The highest BCUT2D eigenvalue weighted by molar-refractivity contribution is 5.47. The molecule has 0 heterocycles. The van der Waals surface area contributed by atoms with Crippen molar-refractivity contribution in [2.75, 3.05) is 26.0 Å². The SMILES string of the molecule is CC(CNc1ccc(C(F)(F)F)cc1F)N(C)C. The molecule has 1 atom stereocenters. The van der Waals surface area contributed by atoms with Crippen LogP contribution in [-0.4, -0.2) is 31.6 Å². The van der Waals surface area contributed by atoms with E-state index in [2.05, 4.69) is 5.32 Å². The standard InChI is InChI=1S/C12H16F4N2/c1-8(18(2)3)7-17-11-5-4-9(6-10(11)13)12(14,15)16/h4-6,8,17H,7H2,1-3H3. The van der Waals surface area contributed by atoms with Crippen molar-refractivity contribution in [3.63, 3.8) is 0 Å². The lowest BCUT2D eigenvalue weighted by Gasteiger charge is -2.21. The van der Waals surface area contributed by atoms with Crippen molar-refractivity contribution in [3.8, 4) is 0 Å². The van der Waals surface area contributed by atoms with Crippen LogP contribution in [-0.2, 0) is 6.18 Å². The van der Waals surface area contributed by atoms with Crippen molar-refractivity contribution in [2.24, 2.45) is 0 Å². The second-order valence-electron chi connectivity index (χ2n) is 4.39. The van der Waals surface area contributed by atoms with Crippen LogP contribution in [0.25, 0.3) is 0 Å². The Balaban J connectivity index is 2.75. The lowest BCUT2D eigenvalue weighted by molar-refractivity contribution is -0.137.